The Balaban J connectivity index is 1.28. The zero-order valence-electron chi connectivity index (χ0n) is 16.2. The van der Waals surface area contributed by atoms with E-state index in [0.29, 0.717) is 0 Å². The molecule has 4 nitrogen and oxygen atoms in total. The lowest BCUT2D eigenvalue weighted by Gasteiger charge is -2.22. The second-order valence-corrected chi connectivity index (χ2v) is 7.19. The zero-order chi connectivity index (χ0) is 18.3. The summed E-state index contributed by atoms with van der Waals surface area (Å²) in [5.74, 6) is 1.12. The maximum atomic E-state index is 9.22. The maximum Gasteiger partial charge on any atom is 0.157 e. The minimum absolute atomic E-state index is 0.0711. The summed E-state index contributed by atoms with van der Waals surface area (Å²) >= 11 is 0. The lowest BCUT2D eigenvalue weighted by Crippen LogP contribution is -2.22. The Labute approximate surface area is 158 Å². The average Bonchev–Trinajstić information content (AvgIpc) is 2.68. The number of hydrogen-bond acceptors (Lipinski definition) is 4. The van der Waals surface area contributed by atoms with E-state index in [4.69, 9.17) is 14.2 Å². The average molecular weight is 365 g/mol. The number of unbranched alkanes of at least 4 members (excludes halogenated alkanes) is 8. The Morgan fingerprint density at radius 3 is 2.04 bits per heavy atom. The van der Waals surface area contributed by atoms with Gasteiger partial charge in [0.2, 0.25) is 0 Å². The molecule has 0 aliphatic carbocycles. The van der Waals surface area contributed by atoms with Gasteiger partial charge < -0.3 is 19.3 Å². The molecule has 1 aromatic rings. The fourth-order valence-electron chi connectivity index (χ4n) is 3.23. The van der Waals surface area contributed by atoms with E-state index in [1.54, 1.807) is 12.1 Å². The normalized spacial score (nSPS) is 17.3. The van der Waals surface area contributed by atoms with Crippen molar-refractivity contribution in [2.45, 2.75) is 83.3 Å². The van der Waals surface area contributed by atoms with Crippen molar-refractivity contribution in [1.82, 2.24) is 0 Å². The van der Waals surface area contributed by atoms with Crippen LogP contribution >= 0.6 is 0 Å². The van der Waals surface area contributed by atoms with E-state index in [-0.39, 0.29) is 12.0 Å². The van der Waals surface area contributed by atoms with Crippen LogP contribution in [-0.4, -0.2) is 31.2 Å². The van der Waals surface area contributed by atoms with Gasteiger partial charge in [0.1, 0.15) is 11.5 Å². The highest BCUT2D eigenvalue weighted by Gasteiger charge is 2.13. The molecule has 2 rings (SSSR count). The summed E-state index contributed by atoms with van der Waals surface area (Å²) < 4.78 is 17.0. The number of aromatic hydroxyl groups is 1. The van der Waals surface area contributed by atoms with Crippen LogP contribution in [-0.2, 0) is 9.47 Å². The Kier molecular flexibility index (Phi) is 11.2. The first kappa shape index (κ1) is 21.0. The van der Waals surface area contributed by atoms with Crippen molar-refractivity contribution in [1.29, 1.82) is 0 Å². The molecular weight excluding hydrogens is 328 g/mol. The molecule has 0 bridgehead atoms. The molecule has 4 heteroatoms. The summed E-state index contributed by atoms with van der Waals surface area (Å²) in [5.41, 5.74) is 0. The highest BCUT2D eigenvalue weighted by atomic mass is 16.7. The van der Waals surface area contributed by atoms with E-state index in [0.717, 1.165) is 44.8 Å². The highest BCUT2D eigenvalue weighted by Crippen LogP contribution is 2.17. The minimum atomic E-state index is 0.0711. The van der Waals surface area contributed by atoms with Gasteiger partial charge in [-0.15, -0.1) is 0 Å². The van der Waals surface area contributed by atoms with Gasteiger partial charge in [-0.1, -0.05) is 44.9 Å². The van der Waals surface area contributed by atoms with Gasteiger partial charge in [-0.2, -0.15) is 0 Å². The molecule has 1 fully saturated rings. The largest absolute Gasteiger partial charge is 0.508 e. The zero-order valence-corrected chi connectivity index (χ0v) is 16.2. The Bertz CT molecular complexity index is 440. The summed E-state index contributed by atoms with van der Waals surface area (Å²) in [6, 6.07) is 6.93. The molecule has 1 N–H and O–H groups in total. The van der Waals surface area contributed by atoms with Crippen LogP contribution in [0.5, 0.6) is 11.5 Å². The summed E-state index contributed by atoms with van der Waals surface area (Å²) in [6.45, 7) is 2.48. The van der Waals surface area contributed by atoms with Crippen molar-refractivity contribution in [3.05, 3.63) is 24.3 Å². The molecule has 1 unspecified atom stereocenters. The van der Waals surface area contributed by atoms with Crippen LogP contribution in [0.2, 0.25) is 0 Å². The second-order valence-electron chi connectivity index (χ2n) is 7.19. The molecule has 0 saturated carbocycles. The van der Waals surface area contributed by atoms with Gasteiger partial charge in [-0.25, -0.2) is 0 Å². The van der Waals surface area contributed by atoms with Crippen molar-refractivity contribution in [3.8, 4) is 11.5 Å². The first-order valence-corrected chi connectivity index (χ1v) is 10.5. The Morgan fingerprint density at radius 2 is 1.42 bits per heavy atom. The monoisotopic (exact) mass is 364 g/mol. The SMILES string of the molecule is Oc1ccc(OCCCCCCCCCCCOC2CCCCO2)cc1. The molecule has 1 atom stereocenters. The molecule has 1 aliphatic heterocycles. The summed E-state index contributed by atoms with van der Waals surface area (Å²) in [7, 11) is 0. The standard InChI is InChI=1S/C22H36O4/c23-20-13-15-21(16-14-20)24-17-9-6-4-2-1-3-5-7-10-18-25-22-12-8-11-19-26-22/h13-16,22-23H,1-12,17-19H2. The molecule has 1 aromatic carbocycles. The molecule has 0 aromatic heterocycles. The van der Waals surface area contributed by atoms with Crippen LogP contribution in [0.4, 0.5) is 0 Å². The lowest BCUT2D eigenvalue weighted by atomic mass is 10.1. The summed E-state index contributed by atoms with van der Waals surface area (Å²) in [5, 5.41) is 9.22. The van der Waals surface area contributed by atoms with Gasteiger partial charge in [-0.3, -0.25) is 0 Å². The van der Waals surface area contributed by atoms with E-state index in [9.17, 15) is 5.11 Å². The fraction of sp³-hybridized carbons (Fsp3) is 0.727. The number of benzene rings is 1. The first-order chi connectivity index (χ1) is 12.8. The molecule has 26 heavy (non-hydrogen) atoms. The third-order valence-corrected chi connectivity index (χ3v) is 4.84. The smallest absolute Gasteiger partial charge is 0.157 e. The maximum absolute atomic E-state index is 9.22. The van der Waals surface area contributed by atoms with Crippen molar-refractivity contribution in [2.75, 3.05) is 19.8 Å². The summed E-state index contributed by atoms with van der Waals surface area (Å²) in [4.78, 5) is 0. The van der Waals surface area contributed by atoms with E-state index in [1.165, 1.54) is 57.8 Å². The van der Waals surface area contributed by atoms with E-state index in [2.05, 4.69) is 0 Å². The molecule has 148 valence electrons. The molecule has 0 amide bonds. The number of hydrogen-bond donors (Lipinski definition) is 1. The number of ether oxygens (including phenoxy) is 3. The molecule has 0 spiro atoms. The van der Waals surface area contributed by atoms with Crippen molar-refractivity contribution in [3.63, 3.8) is 0 Å². The van der Waals surface area contributed by atoms with E-state index in [1.807, 2.05) is 12.1 Å². The van der Waals surface area contributed by atoms with Gasteiger partial charge in [0.25, 0.3) is 0 Å². The lowest BCUT2D eigenvalue weighted by molar-refractivity contribution is -0.162. The van der Waals surface area contributed by atoms with Crippen LogP contribution < -0.4 is 4.74 Å². The number of phenolic OH excluding ortho intramolecular Hbond substituents is 1. The van der Waals surface area contributed by atoms with Crippen LogP contribution in [0, 0.1) is 0 Å². The number of rotatable bonds is 14. The fourth-order valence-corrected chi connectivity index (χ4v) is 3.23. The Morgan fingerprint density at radius 1 is 0.808 bits per heavy atom. The molecule has 1 aliphatic rings. The molecule has 1 saturated heterocycles. The van der Waals surface area contributed by atoms with E-state index >= 15 is 0 Å². The second kappa shape index (κ2) is 13.9. The minimum Gasteiger partial charge on any atom is -0.508 e. The van der Waals surface area contributed by atoms with E-state index < -0.39 is 0 Å². The van der Waals surface area contributed by atoms with Crippen molar-refractivity contribution >= 4 is 0 Å². The van der Waals surface area contributed by atoms with Gasteiger partial charge in [0, 0.05) is 13.2 Å². The quantitative estimate of drug-likeness (QED) is 0.422. The molecule has 0 radical (unpaired) electrons. The third-order valence-electron chi connectivity index (χ3n) is 4.84. The van der Waals surface area contributed by atoms with Crippen LogP contribution in [0.3, 0.4) is 0 Å². The van der Waals surface area contributed by atoms with Crippen molar-refractivity contribution in [2.24, 2.45) is 0 Å². The van der Waals surface area contributed by atoms with Gasteiger partial charge >= 0.3 is 0 Å². The predicted octanol–water partition coefficient (Wildman–Crippen LogP) is 5.83. The van der Waals surface area contributed by atoms with Gasteiger partial charge in [0.15, 0.2) is 6.29 Å². The first-order valence-electron chi connectivity index (χ1n) is 10.5. The topological polar surface area (TPSA) is 47.9 Å². The van der Waals surface area contributed by atoms with Crippen LogP contribution in [0.1, 0.15) is 77.0 Å². The Hall–Kier alpha value is -1.26. The summed E-state index contributed by atoms with van der Waals surface area (Å²) in [6.07, 6.45) is 14.9. The van der Waals surface area contributed by atoms with Crippen molar-refractivity contribution < 1.29 is 19.3 Å². The third kappa shape index (κ3) is 10.0. The molecular formula is C22H36O4. The van der Waals surface area contributed by atoms with Crippen LogP contribution in [0.25, 0.3) is 0 Å². The highest BCUT2D eigenvalue weighted by molar-refractivity contribution is 5.29. The van der Waals surface area contributed by atoms with Crippen LogP contribution in [0.15, 0.2) is 24.3 Å². The van der Waals surface area contributed by atoms with Gasteiger partial charge in [0.05, 0.1) is 6.61 Å². The molecule has 1 heterocycles. The van der Waals surface area contributed by atoms with Gasteiger partial charge in [-0.05, 0) is 56.4 Å². The number of phenols is 1. The predicted molar refractivity (Wildman–Crippen MR) is 105 cm³/mol.